The van der Waals surface area contributed by atoms with E-state index in [0.717, 1.165) is 43.1 Å². The second-order valence-corrected chi connectivity index (χ2v) is 3.79. The maximum atomic E-state index is 4.23. The average molecular weight is 219 g/mol. The summed E-state index contributed by atoms with van der Waals surface area (Å²) in [6.07, 6.45) is 7.44. The minimum atomic E-state index is 0.827. The van der Waals surface area contributed by atoms with Crippen molar-refractivity contribution in [3.8, 4) is 0 Å². The number of nitrogens with one attached hydrogen (secondary N) is 3. The van der Waals surface area contributed by atoms with Crippen LogP contribution in [0.2, 0.25) is 0 Å². The SMILES string of the molecule is Cc1[nH]cnc1CNCCCc1ncc[nH]1. The molecule has 0 saturated heterocycles. The van der Waals surface area contributed by atoms with Crippen LogP contribution in [0.25, 0.3) is 0 Å². The van der Waals surface area contributed by atoms with Crippen molar-refractivity contribution in [2.24, 2.45) is 0 Å². The molecular weight excluding hydrogens is 202 g/mol. The Morgan fingerprint density at radius 3 is 2.94 bits per heavy atom. The first kappa shape index (κ1) is 10.9. The van der Waals surface area contributed by atoms with Gasteiger partial charge in [0.1, 0.15) is 5.82 Å². The molecule has 0 radical (unpaired) electrons. The molecule has 3 N–H and O–H groups in total. The summed E-state index contributed by atoms with van der Waals surface area (Å²) in [4.78, 5) is 14.6. The third-order valence-electron chi connectivity index (χ3n) is 2.55. The van der Waals surface area contributed by atoms with Crippen molar-refractivity contribution in [2.75, 3.05) is 6.54 Å². The van der Waals surface area contributed by atoms with Gasteiger partial charge in [0.05, 0.1) is 12.0 Å². The Labute approximate surface area is 94.7 Å². The van der Waals surface area contributed by atoms with Crippen molar-refractivity contribution in [1.29, 1.82) is 0 Å². The molecule has 2 rings (SSSR count). The van der Waals surface area contributed by atoms with Crippen LogP contribution in [0, 0.1) is 6.92 Å². The van der Waals surface area contributed by atoms with Gasteiger partial charge < -0.3 is 15.3 Å². The number of nitrogens with zero attached hydrogens (tertiary/aromatic N) is 2. The molecule has 0 spiro atoms. The van der Waals surface area contributed by atoms with Crippen molar-refractivity contribution < 1.29 is 0 Å². The lowest BCUT2D eigenvalue weighted by molar-refractivity contribution is 0.633. The van der Waals surface area contributed by atoms with Crippen molar-refractivity contribution in [3.05, 3.63) is 35.9 Å². The van der Waals surface area contributed by atoms with Crippen LogP contribution in [0.15, 0.2) is 18.7 Å². The fraction of sp³-hybridized carbons (Fsp3) is 0.455. The van der Waals surface area contributed by atoms with Gasteiger partial charge in [-0.1, -0.05) is 0 Å². The highest BCUT2D eigenvalue weighted by molar-refractivity contribution is 5.07. The molecule has 0 aromatic carbocycles. The maximum absolute atomic E-state index is 4.23. The highest BCUT2D eigenvalue weighted by Crippen LogP contribution is 1.99. The molecule has 0 aliphatic heterocycles. The molecule has 86 valence electrons. The fourth-order valence-electron chi connectivity index (χ4n) is 1.59. The highest BCUT2D eigenvalue weighted by Gasteiger charge is 1.99. The van der Waals surface area contributed by atoms with Gasteiger partial charge in [-0.25, -0.2) is 9.97 Å². The molecule has 2 aromatic rings. The Morgan fingerprint density at radius 1 is 1.31 bits per heavy atom. The number of H-pyrrole nitrogens is 2. The first-order chi connectivity index (χ1) is 7.86. The number of hydrogen-bond acceptors (Lipinski definition) is 3. The summed E-state index contributed by atoms with van der Waals surface area (Å²) in [5.74, 6) is 1.05. The van der Waals surface area contributed by atoms with E-state index in [1.54, 1.807) is 12.5 Å². The molecule has 16 heavy (non-hydrogen) atoms. The van der Waals surface area contributed by atoms with E-state index in [0.29, 0.717) is 0 Å². The first-order valence-corrected chi connectivity index (χ1v) is 5.54. The predicted octanol–water partition coefficient (Wildman–Crippen LogP) is 1.16. The Morgan fingerprint density at radius 2 is 2.25 bits per heavy atom. The molecule has 0 aliphatic rings. The van der Waals surface area contributed by atoms with Gasteiger partial charge in [-0.2, -0.15) is 0 Å². The van der Waals surface area contributed by atoms with E-state index in [-0.39, 0.29) is 0 Å². The van der Waals surface area contributed by atoms with E-state index < -0.39 is 0 Å². The molecule has 0 aliphatic carbocycles. The van der Waals surface area contributed by atoms with Crippen LogP contribution >= 0.6 is 0 Å². The van der Waals surface area contributed by atoms with Crippen molar-refractivity contribution in [1.82, 2.24) is 25.3 Å². The van der Waals surface area contributed by atoms with Gasteiger partial charge in [0.25, 0.3) is 0 Å². The molecule has 0 unspecified atom stereocenters. The number of aromatic nitrogens is 4. The first-order valence-electron chi connectivity index (χ1n) is 5.54. The van der Waals surface area contributed by atoms with E-state index in [1.807, 2.05) is 13.1 Å². The van der Waals surface area contributed by atoms with E-state index in [4.69, 9.17) is 0 Å². The van der Waals surface area contributed by atoms with E-state index >= 15 is 0 Å². The molecule has 5 heteroatoms. The second kappa shape index (κ2) is 5.46. The minimum Gasteiger partial charge on any atom is -0.349 e. The summed E-state index contributed by atoms with van der Waals surface area (Å²) in [6.45, 7) is 3.84. The molecule has 0 fully saturated rings. The van der Waals surface area contributed by atoms with E-state index in [9.17, 15) is 0 Å². The normalized spacial score (nSPS) is 10.8. The zero-order valence-electron chi connectivity index (χ0n) is 9.45. The number of aryl methyl sites for hydroxylation is 2. The lowest BCUT2D eigenvalue weighted by Gasteiger charge is -2.02. The number of aromatic amines is 2. The molecule has 2 heterocycles. The van der Waals surface area contributed by atoms with Crippen LogP contribution in [0.3, 0.4) is 0 Å². The molecule has 0 bridgehead atoms. The third-order valence-corrected chi connectivity index (χ3v) is 2.55. The highest BCUT2D eigenvalue weighted by atomic mass is 14.9. The number of imidazole rings is 2. The molecule has 0 amide bonds. The van der Waals surface area contributed by atoms with Crippen LogP contribution in [-0.2, 0) is 13.0 Å². The van der Waals surface area contributed by atoms with E-state index in [2.05, 4.69) is 25.3 Å². The van der Waals surface area contributed by atoms with E-state index in [1.165, 1.54) is 0 Å². The van der Waals surface area contributed by atoms with Gasteiger partial charge in [-0.3, -0.25) is 0 Å². The second-order valence-electron chi connectivity index (χ2n) is 3.79. The Kier molecular flexibility index (Phi) is 3.71. The zero-order valence-corrected chi connectivity index (χ0v) is 9.45. The van der Waals surface area contributed by atoms with Gasteiger partial charge >= 0.3 is 0 Å². The summed E-state index contributed by atoms with van der Waals surface area (Å²) in [5.41, 5.74) is 2.23. The average Bonchev–Trinajstić information content (AvgIpc) is 2.90. The maximum Gasteiger partial charge on any atom is 0.106 e. The largest absolute Gasteiger partial charge is 0.349 e. The van der Waals surface area contributed by atoms with Crippen molar-refractivity contribution in [2.45, 2.75) is 26.3 Å². The van der Waals surface area contributed by atoms with Crippen LogP contribution in [0.5, 0.6) is 0 Å². The van der Waals surface area contributed by atoms with Gasteiger partial charge in [-0.15, -0.1) is 0 Å². The number of hydrogen-bond donors (Lipinski definition) is 3. The topological polar surface area (TPSA) is 69.4 Å². The summed E-state index contributed by atoms with van der Waals surface area (Å²) in [5, 5.41) is 3.37. The summed E-state index contributed by atoms with van der Waals surface area (Å²) >= 11 is 0. The fourth-order valence-corrected chi connectivity index (χ4v) is 1.59. The van der Waals surface area contributed by atoms with Crippen LogP contribution in [-0.4, -0.2) is 26.5 Å². The van der Waals surface area contributed by atoms with Gasteiger partial charge in [0.15, 0.2) is 0 Å². The van der Waals surface area contributed by atoms with Crippen LogP contribution in [0.4, 0.5) is 0 Å². The number of rotatable bonds is 6. The van der Waals surface area contributed by atoms with Crippen LogP contribution in [0.1, 0.15) is 23.6 Å². The third kappa shape index (κ3) is 2.93. The van der Waals surface area contributed by atoms with Crippen molar-refractivity contribution in [3.63, 3.8) is 0 Å². The molecule has 0 atom stereocenters. The van der Waals surface area contributed by atoms with Crippen molar-refractivity contribution >= 4 is 0 Å². The molecule has 0 saturated carbocycles. The Bertz CT molecular complexity index is 404. The monoisotopic (exact) mass is 219 g/mol. The predicted molar refractivity (Wildman–Crippen MR) is 61.9 cm³/mol. The Balaban J connectivity index is 1.61. The smallest absolute Gasteiger partial charge is 0.106 e. The summed E-state index contributed by atoms with van der Waals surface area (Å²) in [7, 11) is 0. The minimum absolute atomic E-state index is 0.827. The lowest BCUT2D eigenvalue weighted by atomic mass is 10.3. The van der Waals surface area contributed by atoms with Gasteiger partial charge in [-0.05, 0) is 19.9 Å². The quantitative estimate of drug-likeness (QED) is 0.639. The van der Waals surface area contributed by atoms with Gasteiger partial charge in [0, 0.05) is 31.1 Å². The molecular formula is C11H17N5. The van der Waals surface area contributed by atoms with Gasteiger partial charge in [0.2, 0.25) is 0 Å². The molecule has 5 nitrogen and oxygen atoms in total. The zero-order chi connectivity index (χ0) is 11.2. The Hall–Kier alpha value is -1.62. The summed E-state index contributed by atoms with van der Waals surface area (Å²) in [6, 6.07) is 0. The standard InChI is InChI=1S/C11H17N5/c1-9-10(16-8-15-9)7-12-4-2-3-11-13-5-6-14-11/h5-6,8,12H,2-4,7H2,1H3,(H,13,14)(H,15,16). The lowest BCUT2D eigenvalue weighted by Crippen LogP contribution is -2.16. The molecule has 2 aromatic heterocycles. The summed E-state index contributed by atoms with van der Waals surface area (Å²) < 4.78 is 0. The van der Waals surface area contributed by atoms with Crippen LogP contribution < -0.4 is 5.32 Å².